The van der Waals surface area contributed by atoms with Crippen molar-refractivity contribution in [2.75, 3.05) is 14.2 Å². The van der Waals surface area contributed by atoms with Gasteiger partial charge in [-0.3, -0.25) is 9.78 Å². The maximum atomic E-state index is 13.2. The third-order valence-electron chi connectivity index (χ3n) is 6.10. The van der Waals surface area contributed by atoms with Crippen molar-refractivity contribution in [3.63, 3.8) is 0 Å². The number of aromatic nitrogens is 2. The molecule has 174 valence electrons. The van der Waals surface area contributed by atoms with Crippen LogP contribution < -0.4 is 20.3 Å². The van der Waals surface area contributed by atoms with Gasteiger partial charge in [-0.2, -0.15) is 0 Å². The molecular weight excluding hydrogens is 420 g/mol. The minimum Gasteiger partial charge on any atom is -0.493 e. The molecule has 4 rings (SSSR count). The van der Waals surface area contributed by atoms with E-state index in [2.05, 4.69) is 15.3 Å². The summed E-state index contributed by atoms with van der Waals surface area (Å²) in [5, 5.41) is 3.97. The van der Waals surface area contributed by atoms with E-state index in [1.54, 1.807) is 43.6 Å². The Kier molecular flexibility index (Phi) is 7.12. The molecule has 2 aromatic heterocycles. The molecule has 0 radical (unpaired) electrons. The number of hydrogen-bond acceptors (Lipinski definition) is 5. The Hall–Kier alpha value is -3.55. The lowest BCUT2D eigenvalue weighted by atomic mass is 9.96. The minimum absolute atomic E-state index is 0.169. The monoisotopic (exact) mass is 450 g/mol. The van der Waals surface area contributed by atoms with Gasteiger partial charge in [0.1, 0.15) is 0 Å². The summed E-state index contributed by atoms with van der Waals surface area (Å²) in [6, 6.07) is 9.14. The van der Waals surface area contributed by atoms with Crippen molar-refractivity contribution in [1.82, 2.24) is 20.2 Å². The van der Waals surface area contributed by atoms with Crippen LogP contribution in [0.15, 0.2) is 47.5 Å². The van der Waals surface area contributed by atoms with Gasteiger partial charge in [-0.1, -0.05) is 25.3 Å². The average molecular weight is 451 g/mol. The number of aromatic amines is 1. The summed E-state index contributed by atoms with van der Waals surface area (Å²) in [5.74, 6) is 1.11. The molecule has 1 aromatic carbocycles. The van der Waals surface area contributed by atoms with Crippen molar-refractivity contribution in [3.05, 3.63) is 64.2 Å². The fourth-order valence-corrected chi connectivity index (χ4v) is 4.33. The summed E-state index contributed by atoms with van der Waals surface area (Å²) in [6.45, 7) is 0.531. The van der Waals surface area contributed by atoms with Crippen molar-refractivity contribution >= 4 is 16.9 Å². The van der Waals surface area contributed by atoms with Crippen LogP contribution in [-0.2, 0) is 13.1 Å². The number of urea groups is 1. The molecule has 1 aliphatic carbocycles. The van der Waals surface area contributed by atoms with Crippen LogP contribution in [0, 0.1) is 0 Å². The molecule has 8 nitrogen and oxygen atoms in total. The standard InChI is InChI=1S/C25H30N4O4/c1-32-22-12-18-11-19(24(30)28-21(18)13-23(22)33-2)16-29(15-17-7-6-10-26-14-17)25(31)27-20-8-4-3-5-9-20/h6-7,10-14,20H,3-5,8-9,15-16H2,1-2H3,(H,27,31)(H,28,30). The first-order valence-electron chi connectivity index (χ1n) is 11.3. The second kappa shape index (κ2) is 10.4. The first-order valence-corrected chi connectivity index (χ1v) is 11.3. The number of methoxy groups -OCH3 is 2. The Bertz CT molecular complexity index is 1160. The van der Waals surface area contributed by atoms with Gasteiger partial charge in [-0.05, 0) is 36.6 Å². The van der Waals surface area contributed by atoms with E-state index in [0.29, 0.717) is 29.1 Å². The molecule has 33 heavy (non-hydrogen) atoms. The molecule has 2 N–H and O–H groups in total. The van der Waals surface area contributed by atoms with E-state index >= 15 is 0 Å². The van der Waals surface area contributed by atoms with Gasteiger partial charge in [0.2, 0.25) is 0 Å². The first kappa shape index (κ1) is 22.6. The summed E-state index contributed by atoms with van der Waals surface area (Å²) in [6.07, 6.45) is 8.89. The molecule has 0 aliphatic heterocycles. The Morgan fingerprint density at radius 2 is 1.88 bits per heavy atom. The lowest BCUT2D eigenvalue weighted by molar-refractivity contribution is 0.184. The number of ether oxygens (including phenoxy) is 2. The number of benzene rings is 1. The third kappa shape index (κ3) is 5.45. The largest absolute Gasteiger partial charge is 0.493 e. The van der Waals surface area contributed by atoms with Crippen molar-refractivity contribution in [2.45, 2.75) is 51.2 Å². The molecule has 2 heterocycles. The molecule has 3 aromatic rings. The highest BCUT2D eigenvalue weighted by Gasteiger charge is 2.22. The zero-order valence-electron chi connectivity index (χ0n) is 19.1. The fraction of sp³-hybridized carbons (Fsp3) is 0.400. The summed E-state index contributed by atoms with van der Waals surface area (Å²) in [5.41, 5.74) is 1.81. The number of hydrogen-bond donors (Lipinski definition) is 2. The summed E-state index contributed by atoms with van der Waals surface area (Å²) >= 11 is 0. The predicted molar refractivity (Wildman–Crippen MR) is 127 cm³/mol. The van der Waals surface area contributed by atoms with Crippen LogP contribution in [0.2, 0.25) is 0 Å². The molecule has 0 atom stereocenters. The third-order valence-corrected chi connectivity index (χ3v) is 6.10. The van der Waals surface area contributed by atoms with E-state index in [9.17, 15) is 9.59 Å². The van der Waals surface area contributed by atoms with Crippen LogP contribution in [0.3, 0.4) is 0 Å². The quantitative estimate of drug-likeness (QED) is 0.568. The zero-order valence-corrected chi connectivity index (χ0v) is 19.1. The molecule has 1 fully saturated rings. The number of nitrogens with zero attached hydrogens (tertiary/aromatic N) is 2. The van der Waals surface area contributed by atoms with Gasteiger partial charge in [0, 0.05) is 42.0 Å². The topological polar surface area (TPSA) is 96.5 Å². The minimum atomic E-state index is -0.239. The summed E-state index contributed by atoms with van der Waals surface area (Å²) in [4.78, 5) is 34.9. The van der Waals surface area contributed by atoms with Gasteiger partial charge in [0.05, 0.1) is 26.3 Å². The van der Waals surface area contributed by atoms with E-state index in [1.165, 1.54) is 6.42 Å². The lowest BCUT2D eigenvalue weighted by Gasteiger charge is -2.28. The first-order chi connectivity index (χ1) is 16.1. The van der Waals surface area contributed by atoms with Crippen molar-refractivity contribution in [3.8, 4) is 11.5 Å². The molecule has 0 saturated heterocycles. The molecule has 2 amide bonds. The smallest absolute Gasteiger partial charge is 0.318 e. The normalized spacial score (nSPS) is 14.1. The Labute approximate surface area is 192 Å². The molecular formula is C25H30N4O4. The number of pyridine rings is 2. The van der Waals surface area contributed by atoms with Gasteiger partial charge in [-0.25, -0.2) is 4.79 Å². The highest BCUT2D eigenvalue weighted by atomic mass is 16.5. The Morgan fingerprint density at radius 3 is 2.58 bits per heavy atom. The molecule has 0 unspecified atom stereocenters. The van der Waals surface area contributed by atoms with Crippen LogP contribution in [0.4, 0.5) is 4.79 Å². The van der Waals surface area contributed by atoms with Crippen LogP contribution in [0.25, 0.3) is 10.9 Å². The molecule has 8 heteroatoms. The number of carbonyl (C=O) groups is 1. The van der Waals surface area contributed by atoms with Crippen LogP contribution >= 0.6 is 0 Å². The molecule has 0 bridgehead atoms. The number of fused-ring (bicyclic) bond motifs is 1. The van der Waals surface area contributed by atoms with Crippen molar-refractivity contribution in [2.24, 2.45) is 0 Å². The lowest BCUT2D eigenvalue weighted by Crippen LogP contribution is -2.45. The second-order valence-electron chi connectivity index (χ2n) is 8.42. The number of carbonyl (C=O) groups excluding carboxylic acids is 1. The van der Waals surface area contributed by atoms with Gasteiger partial charge in [-0.15, -0.1) is 0 Å². The second-order valence-corrected chi connectivity index (χ2v) is 8.42. The predicted octanol–water partition coefficient (Wildman–Crippen LogP) is 3.98. The van der Waals surface area contributed by atoms with E-state index < -0.39 is 0 Å². The zero-order chi connectivity index (χ0) is 23.2. The number of amides is 2. The van der Waals surface area contributed by atoms with Crippen molar-refractivity contribution < 1.29 is 14.3 Å². The van der Waals surface area contributed by atoms with E-state index in [0.717, 1.165) is 36.6 Å². The van der Waals surface area contributed by atoms with E-state index in [-0.39, 0.29) is 24.2 Å². The molecule has 0 spiro atoms. The number of nitrogens with one attached hydrogen (secondary N) is 2. The van der Waals surface area contributed by atoms with Crippen LogP contribution in [0.5, 0.6) is 11.5 Å². The number of H-pyrrole nitrogens is 1. The van der Waals surface area contributed by atoms with Gasteiger partial charge in [0.15, 0.2) is 11.5 Å². The maximum Gasteiger partial charge on any atom is 0.318 e. The Balaban J connectivity index is 1.63. The maximum absolute atomic E-state index is 13.2. The summed E-state index contributed by atoms with van der Waals surface area (Å²) < 4.78 is 10.7. The highest BCUT2D eigenvalue weighted by molar-refractivity contribution is 5.83. The van der Waals surface area contributed by atoms with Gasteiger partial charge >= 0.3 is 6.03 Å². The van der Waals surface area contributed by atoms with Crippen molar-refractivity contribution in [1.29, 1.82) is 0 Å². The van der Waals surface area contributed by atoms with Gasteiger partial charge in [0.25, 0.3) is 5.56 Å². The Morgan fingerprint density at radius 1 is 1.12 bits per heavy atom. The molecule has 1 saturated carbocycles. The van der Waals surface area contributed by atoms with Crippen LogP contribution in [-0.4, -0.2) is 41.2 Å². The van der Waals surface area contributed by atoms with E-state index in [1.807, 2.05) is 18.2 Å². The molecule has 1 aliphatic rings. The van der Waals surface area contributed by atoms with Gasteiger partial charge < -0.3 is 24.7 Å². The number of rotatable bonds is 7. The average Bonchev–Trinajstić information content (AvgIpc) is 2.84. The fourth-order valence-electron chi connectivity index (χ4n) is 4.33. The van der Waals surface area contributed by atoms with E-state index in [4.69, 9.17) is 9.47 Å². The summed E-state index contributed by atoms with van der Waals surface area (Å²) in [7, 11) is 3.12. The SMILES string of the molecule is COc1cc2cc(CN(Cc3cccnc3)C(=O)NC3CCCCC3)c(=O)[nH]c2cc1OC. The van der Waals surface area contributed by atoms with Crippen LogP contribution in [0.1, 0.15) is 43.2 Å². The highest BCUT2D eigenvalue weighted by Crippen LogP contribution is 2.31.